The van der Waals surface area contributed by atoms with E-state index < -0.39 is 0 Å². The van der Waals surface area contributed by atoms with Crippen LogP contribution in [0.25, 0.3) is 6.08 Å². The predicted molar refractivity (Wildman–Crippen MR) is 91.3 cm³/mol. The van der Waals surface area contributed by atoms with E-state index in [-0.39, 0.29) is 5.91 Å². The minimum absolute atomic E-state index is 0.0461. The fourth-order valence-electron chi connectivity index (χ4n) is 1.83. The van der Waals surface area contributed by atoms with E-state index in [9.17, 15) is 4.79 Å². The molecule has 3 nitrogen and oxygen atoms in total. The van der Waals surface area contributed by atoms with Crippen molar-refractivity contribution in [3.8, 4) is 0 Å². The molecule has 106 valence electrons. The molecule has 1 amide bonds. The van der Waals surface area contributed by atoms with E-state index in [1.165, 1.54) is 11.8 Å². The number of rotatable bonds is 3. The Hall–Kier alpha value is -1.04. The summed E-state index contributed by atoms with van der Waals surface area (Å²) in [6.45, 7) is 2.50. The number of halogens is 1. The third kappa shape index (κ3) is 3.00. The first kappa shape index (κ1) is 15.4. The largest absolute Gasteiger partial charge is 0.378 e. The number of hydrogen-bond acceptors (Lipinski definition) is 4. The van der Waals surface area contributed by atoms with Crippen molar-refractivity contribution in [1.29, 1.82) is 0 Å². The Balaban J connectivity index is 2.32. The van der Waals surface area contributed by atoms with Gasteiger partial charge in [-0.2, -0.15) is 0 Å². The van der Waals surface area contributed by atoms with E-state index in [4.69, 9.17) is 23.8 Å². The van der Waals surface area contributed by atoms with Gasteiger partial charge in [-0.1, -0.05) is 41.6 Å². The maximum Gasteiger partial charge on any atom is 0.266 e. The van der Waals surface area contributed by atoms with E-state index in [1.54, 1.807) is 11.0 Å². The molecule has 1 aromatic rings. The maximum absolute atomic E-state index is 12.1. The average molecular weight is 327 g/mol. The van der Waals surface area contributed by atoms with Crippen LogP contribution in [-0.4, -0.2) is 35.8 Å². The quantitative estimate of drug-likeness (QED) is 0.625. The molecule has 6 heteroatoms. The Morgan fingerprint density at radius 2 is 2.15 bits per heavy atom. The van der Waals surface area contributed by atoms with Gasteiger partial charge < -0.3 is 4.90 Å². The lowest BCUT2D eigenvalue weighted by molar-refractivity contribution is -0.121. The second kappa shape index (κ2) is 6.16. The number of amides is 1. The van der Waals surface area contributed by atoms with Gasteiger partial charge >= 0.3 is 0 Å². The molecule has 1 heterocycles. The predicted octanol–water partition coefficient (Wildman–Crippen LogP) is 3.63. The number of carbonyl (C=O) groups is 1. The zero-order valence-corrected chi connectivity index (χ0v) is 13.9. The summed E-state index contributed by atoms with van der Waals surface area (Å²) in [4.78, 5) is 16.3. The fraction of sp³-hybridized carbons (Fsp3) is 0.286. The Morgan fingerprint density at radius 3 is 2.65 bits per heavy atom. The van der Waals surface area contributed by atoms with E-state index in [0.717, 1.165) is 11.3 Å². The van der Waals surface area contributed by atoms with Gasteiger partial charge in [-0.3, -0.25) is 9.69 Å². The summed E-state index contributed by atoms with van der Waals surface area (Å²) in [5.41, 5.74) is 1.85. The highest BCUT2D eigenvalue weighted by Gasteiger charge is 2.30. The third-order valence-electron chi connectivity index (χ3n) is 2.98. The molecular weight excluding hydrogens is 312 g/mol. The van der Waals surface area contributed by atoms with Crippen LogP contribution < -0.4 is 4.90 Å². The van der Waals surface area contributed by atoms with Gasteiger partial charge in [-0.05, 0) is 30.7 Å². The van der Waals surface area contributed by atoms with E-state index in [2.05, 4.69) is 0 Å². The van der Waals surface area contributed by atoms with Crippen LogP contribution in [-0.2, 0) is 4.79 Å². The van der Waals surface area contributed by atoms with Crippen LogP contribution in [0.2, 0.25) is 5.02 Å². The molecule has 0 bridgehead atoms. The first-order valence-corrected chi connectivity index (χ1v) is 7.76. The molecule has 1 aromatic carbocycles. The second-order valence-electron chi connectivity index (χ2n) is 4.53. The van der Waals surface area contributed by atoms with Crippen molar-refractivity contribution in [2.45, 2.75) is 6.92 Å². The van der Waals surface area contributed by atoms with E-state index in [1.807, 2.05) is 44.1 Å². The van der Waals surface area contributed by atoms with Crippen molar-refractivity contribution in [3.05, 3.63) is 33.7 Å². The van der Waals surface area contributed by atoms with Crippen molar-refractivity contribution < 1.29 is 4.79 Å². The van der Waals surface area contributed by atoms with Crippen LogP contribution in [0.1, 0.15) is 12.5 Å². The second-order valence-corrected chi connectivity index (χ2v) is 6.61. The molecule has 0 spiro atoms. The normalized spacial score (nSPS) is 17.2. The van der Waals surface area contributed by atoms with Gasteiger partial charge in [-0.25, -0.2) is 0 Å². The first-order chi connectivity index (χ1) is 9.43. The Kier molecular flexibility index (Phi) is 4.73. The van der Waals surface area contributed by atoms with Gasteiger partial charge in [-0.15, -0.1) is 0 Å². The molecule has 0 N–H and O–H groups in total. The van der Waals surface area contributed by atoms with Crippen molar-refractivity contribution in [1.82, 2.24) is 4.90 Å². The van der Waals surface area contributed by atoms with Crippen molar-refractivity contribution in [2.24, 2.45) is 0 Å². The highest BCUT2D eigenvalue weighted by molar-refractivity contribution is 8.26. The molecule has 1 aliphatic heterocycles. The Bertz CT molecular complexity index is 599. The topological polar surface area (TPSA) is 23.6 Å². The lowest BCUT2D eigenvalue weighted by Gasteiger charge is -2.13. The molecule has 0 aromatic heterocycles. The van der Waals surface area contributed by atoms with Crippen molar-refractivity contribution in [2.75, 3.05) is 25.5 Å². The van der Waals surface area contributed by atoms with Crippen LogP contribution >= 0.6 is 35.6 Å². The molecule has 2 rings (SSSR count). The molecule has 0 aliphatic carbocycles. The van der Waals surface area contributed by atoms with Crippen LogP contribution in [0.4, 0.5) is 5.69 Å². The van der Waals surface area contributed by atoms with Gasteiger partial charge in [0.25, 0.3) is 5.91 Å². The minimum atomic E-state index is -0.0461. The SMILES string of the molecule is CCN1C(=O)/C(=C\c2ccc(N(C)C)cc2Cl)SC1=S. The van der Waals surface area contributed by atoms with Gasteiger partial charge in [0.2, 0.25) is 0 Å². The van der Waals surface area contributed by atoms with Crippen molar-refractivity contribution >= 4 is 57.6 Å². The van der Waals surface area contributed by atoms with E-state index in [0.29, 0.717) is 20.8 Å². The van der Waals surface area contributed by atoms with Gasteiger partial charge in [0.15, 0.2) is 0 Å². The van der Waals surface area contributed by atoms with Gasteiger partial charge in [0.05, 0.1) is 4.91 Å². The number of likely N-dealkylation sites (N-methyl/N-ethyl adjacent to an activating group) is 1. The summed E-state index contributed by atoms with van der Waals surface area (Å²) in [5.74, 6) is -0.0461. The molecule has 0 atom stereocenters. The number of thioether (sulfide) groups is 1. The number of nitrogens with zero attached hydrogens (tertiary/aromatic N) is 2. The summed E-state index contributed by atoms with van der Waals surface area (Å²) in [5, 5.41) is 0.623. The number of hydrogen-bond donors (Lipinski definition) is 0. The highest BCUT2D eigenvalue weighted by atomic mass is 35.5. The Morgan fingerprint density at radius 1 is 1.45 bits per heavy atom. The molecule has 1 fully saturated rings. The van der Waals surface area contributed by atoms with Gasteiger partial charge in [0.1, 0.15) is 4.32 Å². The maximum atomic E-state index is 12.1. The van der Waals surface area contributed by atoms with Crippen LogP contribution in [0.5, 0.6) is 0 Å². The number of carbonyl (C=O) groups excluding carboxylic acids is 1. The summed E-state index contributed by atoms with van der Waals surface area (Å²) in [6.07, 6.45) is 1.80. The molecule has 0 saturated carbocycles. The summed E-state index contributed by atoms with van der Waals surface area (Å²) >= 11 is 12.8. The van der Waals surface area contributed by atoms with Crippen LogP contribution in [0, 0.1) is 0 Å². The first-order valence-electron chi connectivity index (χ1n) is 6.16. The molecule has 0 radical (unpaired) electrons. The highest BCUT2D eigenvalue weighted by Crippen LogP contribution is 2.34. The smallest absolute Gasteiger partial charge is 0.266 e. The zero-order valence-electron chi connectivity index (χ0n) is 11.5. The minimum Gasteiger partial charge on any atom is -0.378 e. The molecule has 20 heavy (non-hydrogen) atoms. The van der Waals surface area contributed by atoms with Crippen LogP contribution in [0.3, 0.4) is 0 Å². The molecule has 1 saturated heterocycles. The van der Waals surface area contributed by atoms with Crippen molar-refractivity contribution in [3.63, 3.8) is 0 Å². The van der Waals surface area contributed by atoms with Gasteiger partial charge in [0, 0.05) is 31.4 Å². The Labute approximate surface area is 133 Å². The summed E-state index contributed by atoms with van der Waals surface area (Å²) < 4.78 is 0.602. The lowest BCUT2D eigenvalue weighted by Crippen LogP contribution is -2.27. The number of anilines is 1. The summed E-state index contributed by atoms with van der Waals surface area (Å²) in [6, 6.07) is 5.77. The number of thiocarbonyl (C=S) groups is 1. The van der Waals surface area contributed by atoms with Crippen LogP contribution in [0.15, 0.2) is 23.1 Å². The third-order valence-corrected chi connectivity index (χ3v) is 4.68. The standard InChI is InChI=1S/C14H15ClN2OS2/c1-4-17-13(18)12(20-14(17)19)7-9-5-6-10(16(2)3)8-11(9)15/h5-8H,4H2,1-3H3/b12-7+. The zero-order chi connectivity index (χ0) is 14.9. The monoisotopic (exact) mass is 326 g/mol. The molecule has 1 aliphatic rings. The molecular formula is C14H15ClN2OS2. The average Bonchev–Trinajstić information content (AvgIpc) is 2.66. The van der Waals surface area contributed by atoms with E-state index >= 15 is 0 Å². The molecule has 0 unspecified atom stereocenters. The summed E-state index contributed by atoms with van der Waals surface area (Å²) in [7, 11) is 3.91. The fourth-order valence-corrected chi connectivity index (χ4v) is 3.43. The number of benzene rings is 1. The lowest BCUT2D eigenvalue weighted by atomic mass is 10.2.